The largest absolute Gasteiger partial charge is 0.336 e. The van der Waals surface area contributed by atoms with Crippen molar-refractivity contribution in [3.05, 3.63) is 96.1 Å². The van der Waals surface area contributed by atoms with Crippen LogP contribution in [0.3, 0.4) is 0 Å². The molecule has 0 spiro atoms. The summed E-state index contributed by atoms with van der Waals surface area (Å²) in [4.78, 5) is 26.1. The molecule has 164 valence electrons. The number of aromatic nitrogens is 4. The predicted molar refractivity (Wildman–Crippen MR) is 123 cm³/mol. The van der Waals surface area contributed by atoms with Crippen LogP contribution in [0.5, 0.6) is 0 Å². The van der Waals surface area contributed by atoms with Gasteiger partial charge in [0, 0.05) is 16.8 Å². The molecule has 1 aliphatic rings. The Labute approximate surface area is 190 Å². The second-order valence-corrected chi connectivity index (χ2v) is 7.93. The van der Waals surface area contributed by atoms with Crippen molar-refractivity contribution < 1.29 is 9.59 Å². The highest BCUT2D eigenvalue weighted by Crippen LogP contribution is 2.36. The van der Waals surface area contributed by atoms with Crippen molar-refractivity contribution in [1.82, 2.24) is 25.5 Å². The third-order valence-electron chi connectivity index (χ3n) is 5.48. The summed E-state index contributed by atoms with van der Waals surface area (Å²) in [5.74, 6) is 0.00645. The second kappa shape index (κ2) is 9.04. The van der Waals surface area contributed by atoms with Crippen molar-refractivity contribution in [1.29, 1.82) is 0 Å². The van der Waals surface area contributed by atoms with Crippen LogP contribution in [0, 0.1) is 0 Å². The fraction of sp³-hybridized carbons (Fsp3) is 0.160. The lowest BCUT2D eigenvalue weighted by molar-refractivity contribution is -0.118. The maximum Gasteiger partial charge on any atom is 0.252 e. The molecular weight excluding hydrogens is 416 g/mol. The molecule has 1 saturated carbocycles. The molecule has 0 saturated heterocycles. The van der Waals surface area contributed by atoms with Crippen LogP contribution in [-0.2, 0) is 4.79 Å². The van der Waals surface area contributed by atoms with E-state index in [0.717, 1.165) is 18.4 Å². The highest BCUT2D eigenvalue weighted by atomic mass is 16.2. The molecule has 8 heteroatoms. The Morgan fingerprint density at radius 2 is 1.64 bits per heavy atom. The zero-order valence-electron chi connectivity index (χ0n) is 17.8. The second-order valence-electron chi connectivity index (χ2n) is 7.93. The van der Waals surface area contributed by atoms with E-state index in [2.05, 4.69) is 26.2 Å². The fourth-order valence-electron chi connectivity index (χ4n) is 3.65. The first kappa shape index (κ1) is 20.6. The summed E-state index contributed by atoms with van der Waals surface area (Å²) in [7, 11) is 0. The monoisotopic (exact) mass is 438 g/mol. The molecule has 0 radical (unpaired) electrons. The standard InChI is InChI=1S/C25H22N6O2/c32-24(18-10-5-2-6-11-18)27-22(17-8-3-1-4-9-17)25(33)26-20-13-7-12-19(16-20)23-28-29-30-31(23)21-14-15-21/h1-13,16,21-22H,14-15H2,(H,26,33)(H,27,32). The van der Waals surface area contributed by atoms with Gasteiger partial charge in [-0.2, -0.15) is 0 Å². The number of rotatable bonds is 7. The zero-order valence-corrected chi connectivity index (χ0v) is 17.8. The van der Waals surface area contributed by atoms with Gasteiger partial charge in [-0.15, -0.1) is 5.10 Å². The van der Waals surface area contributed by atoms with E-state index in [-0.39, 0.29) is 11.8 Å². The number of nitrogens with zero attached hydrogens (tertiary/aromatic N) is 4. The minimum Gasteiger partial charge on any atom is -0.336 e. The predicted octanol–water partition coefficient (Wildman–Crippen LogP) is 3.78. The average molecular weight is 438 g/mol. The van der Waals surface area contributed by atoms with Gasteiger partial charge in [0.2, 0.25) is 0 Å². The lowest BCUT2D eigenvalue weighted by Gasteiger charge is -2.19. The molecule has 4 aromatic rings. The van der Waals surface area contributed by atoms with Crippen LogP contribution in [0.15, 0.2) is 84.9 Å². The highest BCUT2D eigenvalue weighted by molar-refractivity contribution is 6.01. The Hall–Kier alpha value is -4.33. The summed E-state index contributed by atoms with van der Waals surface area (Å²) in [6, 6.07) is 24.9. The number of anilines is 1. The summed E-state index contributed by atoms with van der Waals surface area (Å²) >= 11 is 0. The first-order valence-electron chi connectivity index (χ1n) is 10.8. The van der Waals surface area contributed by atoms with Gasteiger partial charge in [0.05, 0.1) is 6.04 Å². The highest BCUT2D eigenvalue weighted by Gasteiger charge is 2.28. The van der Waals surface area contributed by atoms with Gasteiger partial charge >= 0.3 is 0 Å². The van der Waals surface area contributed by atoms with Crippen molar-refractivity contribution in [2.75, 3.05) is 5.32 Å². The van der Waals surface area contributed by atoms with Crippen molar-refractivity contribution in [2.45, 2.75) is 24.9 Å². The molecule has 5 rings (SSSR count). The molecule has 2 amide bonds. The van der Waals surface area contributed by atoms with Crippen molar-refractivity contribution >= 4 is 17.5 Å². The maximum absolute atomic E-state index is 13.3. The molecule has 33 heavy (non-hydrogen) atoms. The number of amides is 2. The first-order chi connectivity index (χ1) is 16.2. The van der Waals surface area contributed by atoms with Crippen molar-refractivity contribution in [2.24, 2.45) is 0 Å². The van der Waals surface area contributed by atoms with Crippen LogP contribution in [0.2, 0.25) is 0 Å². The molecule has 1 fully saturated rings. The third-order valence-corrected chi connectivity index (χ3v) is 5.48. The van der Waals surface area contributed by atoms with E-state index in [1.807, 2.05) is 59.3 Å². The van der Waals surface area contributed by atoms with Crippen LogP contribution in [0.1, 0.15) is 40.8 Å². The molecule has 0 aliphatic heterocycles. The van der Waals surface area contributed by atoms with E-state index in [9.17, 15) is 9.59 Å². The lowest BCUT2D eigenvalue weighted by atomic mass is 10.0. The van der Waals surface area contributed by atoms with Gasteiger partial charge in [-0.05, 0) is 53.1 Å². The number of benzene rings is 3. The summed E-state index contributed by atoms with van der Waals surface area (Å²) in [6.45, 7) is 0. The van der Waals surface area contributed by atoms with E-state index >= 15 is 0 Å². The molecule has 1 aliphatic carbocycles. The van der Waals surface area contributed by atoms with Crippen LogP contribution in [-0.4, -0.2) is 32.0 Å². The molecule has 1 heterocycles. The normalized spacial score (nSPS) is 13.8. The molecule has 3 aromatic carbocycles. The van der Waals surface area contributed by atoms with E-state index < -0.39 is 6.04 Å². The average Bonchev–Trinajstić information content (AvgIpc) is 3.59. The van der Waals surface area contributed by atoms with Gasteiger partial charge in [0.15, 0.2) is 5.82 Å². The number of hydrogen-bond acceptors (Lipinski definition) is 5. The Balaban J connectivity index is 1.38. The summed E-state index contributed by atoms with van der Waals surface area (Å²) in [6.07, 6.45) is 2.13. The van der Waals surface area contributed by atoms with Crippen LogP contribution < -0.4 is 10.6 Å². The van der Waals surface area contributed by atoms with E-state index in [0.29, 0.717) is 28.7 Å². The molecule has 1 aromatic heterocycles. The van der Waals surface area contributed by atoms with E-state index in [4.69, 9.17) is 0 Å². The fourth-order valence-corrected chi connectivity index (χ4v) is 3.65. The van der Waals surface area contributed by atoms with Gasteiger partial charge in [0.25, 0.3) is 11.8 Å². The third kappa shape index (κ3) is 4.64. The van der Waals surface area contributed by atoms with Gasteiger partial charge in [-0.3, -0.25) is 9.59 Å². The van der Waals surface area contributed by atoms with Gasteiger partial charge in [-0.25, -0.2) is 4.68 Å². The Kier molecular flexibility index (Phi) is 5.63. The Bertz CT molecular complexity index is 1270. The van der Waals surface area contributed by atoms with Gasteiger partial charge < -0.3 is 10.6 Å². The minimum absolute atomic E-state index is 0.322. The molecule has 0 bridgehead atoms. The van der Waals surface area contributed by atoms with Crippen LogP contribution >= 0.6 is 0 Å². The quantitative estimate of drug-likeness (QED) is 0.457. The Morgan fingerprint density at radius 1 is 0.909 bits per heavy atom. The Morgan fingerprint density at radius 3 is 2.36 bits per heavy atom. The first-order valence-corrected chi connectivity index (χ1v) is 10.8. The van der Waals surface area contributed by atoms with E-state index in [1.54, 1.807) is 30.3 Å². The zero-order chi connectivity index (χ0) is 22.6. The topological polar surface area (TPSA) is 102 Å². The molecular formula is C25H22N6O2. The SMILES string of the molecule is O=C(NC(C(=O)Nc1cccc(-c2nnnn2C2CC2)c1)c1ccccc1)c1ccccc1. The summed E-state index contributed by atoms with van der Waals surface area (Å²) in [5.41, 5.74) is 2.58. The molecule has 1 atom stereocenters. The van der Waals surface area contributed by atoms with Gasteiger partial charge in [-0.1, -0.05) is 60.7 Å². The smallest absolute Gasteiger partial charge is 0.252 e. The van der Waals surface area contributed by atoms with E-state index in [1.165, 1.54) is 0 Å². The number of tetrazole rings is 1. The van der Waals surface area contributed by atoms with Crippen molar-refractivity contribution in [3.63, 3.8) is 0 Å². The van der Waals surface area contributed by atoms with Crippen LogP contribution in [0.25, 0.3) is 11.4 Å². The summed E-state index contributed by atoms with van der Waals surface area (Å²) < 4.78 is 1.83. The molecule has 2 N–H and O–H groups in total. The minimum atomic E-state index is -0.862. The lowest BCUT2D eigenvalue weighted by Crippen LogP contribution is -2.37. The molecule has 1 unspecified atom stereocenters. The van der Waals surface area contributed by atoms with Gasteiger partial charge in [0.1, 0.15) is 6.04 Å². The number of carbonyl (C=O) groups is 2. The number of nitrogens with one attached hydrogen (secondary N) is 2. The van der Waals surface area contributed by atoms with Crippen LogP contribution in [0.4, 0.5) is 5.69 Å². The number of hydrogen-bond donors (Lipinski definition) is 2. The number of carbonyl (C=O) groups excluding carboxylic acids is 2. The maximum atomic E-state index is 13.3. The summed E-state index contributed by atoms with van der Waals surface area (Å²) in [5, 5.41) is 17.8. The molecule has 8 nitrogen and oxygen atoms in total. The van der Waals surface area contributed by atoms with Crippen molar-refractivity contribution in [3.8, 4) is 11.4 Å².